The molecule has 0 bridgehead atoms. The largest absolute Gasteiger partial charge is 0.497 e. The average Bonchev–Trinajstić information content (AvgIpc) is 2.83. The highest BCUT2D eigenvalue weighted by Gasteiger charge is 2.29. The zero-order valence-corrected chi connectivity index (χ0v) is 21.5. The quantitative estimate of drug-likeness (QED) is 0.447. The van der Waals surface area contributed by atoms with Gasteiger partial charge < -0.3 is 10.1 Å². The third kappa shape index (κ3) is 5.28. The smallest absolute Gasteiger partial charge is 0.264 e. The predicted octanol–water partition coefficient (Wildman–Crippen LogP) is 5.16. The Morgan fingerprint density at radius 3 is 2.47 bits per heavy atom. The van der Waals surface area contributed by atoms with Gasteiger partial charge >= 0.3 is 0 Å². The van der Waals surface area contributed by atoms with Gasteiger partial charge in [0.25, 0.3) is 10.0 Å². The molecule has 4 rings (SSSR count). The van der Waals surface area contributed by atoms with Gasteiger partial charge in [-0.1, -0.05) is 39.7 Å². The molecule has 1 aliphatic carbocycles. The second-order valence-electron chi connectivity index (χ2n) is 8.38. The van der Waals surface area contributed by atoms with E-state index in [2.05, 4.69) is 21.2 Å². The molecule has 3 aromatic rings. The highest BCUT2D eigenvalue weighted by molar-refractivity contribution is 9.10. The molecule has 1 N–H and O–H groups in total. The van der Waals surface area contributed by atoms with Crippen LogP contribution in [0.1, 0.15) is 35.6 Å². The monoisotopic (exact) mass is 542 g/mol. The lowest BCUT2D eigenvalue weighted by molar-refractivity contribution is -0.120. The van der Waals surface area contributed by atoms with Crippen LogP contribution in [0.5, 0.6) is 5.75 Å². The number of sulfonamides is 1. The fourth-order valence-corrected chi connectivity index (χ4v) is 5.88. The number of nitrogens with zero attached hydrogens (tertiary/aromatic N) is 1. The topological polar surface area (TPSA) is 75.7 Å². The molecular weight excluding hydrogens is 516 g/mol. The van der Waals surface area contributed by atoms with E-state index in [9.17, 15) is 13.2 Å². The summed E-state index contributed by atoms with van der Waals surface area (Å²) in [4.78, 5) is 13.3. The molecule has 1 unspecified atom stereocenters. The van der Waals surface area contributed by atoms with Crippen LogP contribution in [0.2, 0.25) is 0 Å². The Morgan fingerprint density at radius 1 is 1.09 bits per heavy atom. The number of nitrogens with one attached hydrogen (secondary N) is 1. The molecule has 34 heavy (non-hydrogen) atoms. The van der Waals surface area contributed by atoms with Crippen molar-refractivity contribution in [1.29, 1.82) is 0 Å². The third-order valence-corrected chi connectivity index (χ3v) is 8.33. The Balaban J connectivity index is 1.60. The van der Waals surface area contributed by atoms with Gasteiger partial charge in [0.15, 0.2) is 0 Å². The van der Waals surface area contributed by atoms with Crippen molar-refractivity contribution in [3.63, 3.8) is 0 Å². The maximum absolute atomic E-state index is 13.5. The molecule has 0 spiro atoms. The molecule has 1 atom stereocenters. The van der Waals surface area contributed by atoms with E-state index in [1.165, 1.54) is 0 Å². The Morgan fingerprint density at radius 2 is 1.79 bits per heavy atom. The first-order chi connectivity index (χ1) is 16.3. The minimum absolute atomic E-state index is 0.143. The van der Waals surface area contributed by atoms with E-state index in [1.54, 1.807) is 55.6 Å². The highest BCUT2D eigenvalue weighted by atomic mass is 79.9. The maximum atomic E-state index is 13.5. The van der Waals surface area contributed by atoms with Crippen molar-refractivity contribution in [3.05, 3.63) is 87.9 Å². The summed E-state index contributed by atoms with van der Waals surface area (Å²) in [5.41, 5.74) is 3.58. The molecule has 0 aromatic heterocycles. The lowest BCUT2D eigenvalue weighted by Gasteiger charge is -2.29. The van der Waals surface area contributed by atoms with E-state index in [0.717, 1.165) is 50.5 Å². The summed E-state index contributed by atoms with van der Waals surface area (Å²) in [5.74, 6) is 0.434. The summed E-state index contributed by atoms with van der Waals surface area (Å²) in [6.45, 7) is 1.58. The van der Waals surface area contributed by atoms with Crippen molar-refractivity contribution < 1.29 is 17.9 Å². The summed E-state index contributed by atoms with van der Waals surface area (Å²) in [6.07, 6.45) is 2.66. The first-order valence-corrected chi connectivity index (χ1v) is 13.3. The van der Waals surface area contributed by atoms with Gasteiger partial charge in [-0.3, -0.25) is 9.10 Å². The second kappa shape index (κ2) is 10.2. The standard InChI is InChI=1S/C26H27BrN2O4S/c1-18-6-13-23(14-7-18)34(31,32)29(21-10-8-20(27)9-11-21)17-26(30)28-25-5-3-4-19-16-22(33-2)12-15-24(19)25/h6-16,25H,3-5,17H2,1-2H3,(H,28,30). The Hall–Kier alpha value is -2.84. The first-order valence-electron chi connectivity index (χ1n) is 11.1. The van der Waals surface area contributed by atoms with Crippen molar-refractivity contribution in [2.75, 3.05) is 18.0 Å². The number of rotatable bonds is 7. The predicted molar refractivity (Wildman–Crippen MR) is 137 cm³/mol. The lowest BCUT2D eigenvalue weighted by atomic mass is 9.87. The number of aryl methyl sites for hydroxylation is 2. The van der Waals surface area contributed by atoms with Gasteiger partial charge in [-0.25, -0.2) is 8.42 Å². The lowest BCUT2D eigenvalue weighted by Crippen LogP contribution is -2.42. The van der Waals surface area contributed by atoms with E-state index in [-0.39, 0.29) is 23.4 Å². The van der Waals surface area contributed by atoms with Crippen LogP contribution >= 0.6 is 15.9 Å². The molecule has 0 heterocycles. The van der Waals surface area contributed by atoms with Crippen LogP contribution in [-0.4, -0.2) is 28.0 Å². The van der Waals surface area contributed by atoms with Crippen molar-refractivity contribution in [1.82, 2.24) is 5.32 Å². The van der Waals surface area contributed by atoms with Gasteiger partial charge in [0.05, 0.1) is 23.7 Å². The van der Waals surface area contributed by atoms with Gasteiger partial charge in [0.1, 0.15) is 12.3 Å². The van der Waals surface area contributed by atoms with E-state index in [4.69, 9.17) is 4.74 Å². The van der Waals surface area contributed by atoms with E-state index >= 15 is 0 Å². The molecule has 1 aliphatic rings. The number of halogens is 1. The number of hydrogen-bond acceptors (Lipinski definition) is 4. The molecule has 0 aliphatic heterocycles. The minimum atomic E-state index is -3.95. The van der Waals surface area contributed by atoms with E-state index in [0.29, 0.717) is 5.69 Å². The summed E-state index contributed by atoms with van der Waals surface area (Å²) in [5, 5.41) is 3.06. The molecule has 0 saturated carbocycles. The number of carbonyl (C=O) groups excluding carboxylic acids is 1. The van der Waals surface area contributed by atoms with E-state index in [1.807, 2.05) is 25.1 Å². The van der Waals surface area contributed by atoms with Crippen molar-refractivity contribution in [2.24, 2.45) is 0 Å². The molecular formula is C26H27BrN2O4S. The number of benzene rings is 3. The van der Waals surface area contributed by atoms with Gasteiger partial charge in [-0.2, -0.15) is 0 Å². The fourth-order valence-electron chi connectivity index (χ4n) is 4.20. The number of methoxy groups -OCH3 is 1. The molecule has 0 radical (unpaired) electrons. The average molecular weight is 543 g/mol. The minimum Gasteiger partial charge on any atom is -0.497 e. The van der Waals surface area contributed by atoms with Gasteiger partial charge in [-0.05, 0) is 85.8 Å². The molecule has 3 aromatic carbocycles. The summed E-state index contributed by atoms with van der Waals surface area (Å²) in [7, 11) is -2.31. The summed E-state index contributed by atoms with van der Waals surface area (Å²) in [6, 6.07) is 19.2. The number of hydrogen-bond donors (Lipinski definition) is 1. The van der Waals surface area contributed by atoms with Crippen LogP contribution in [0.4, 0.5) is 5.69 Å². The SMILES string of the molecule is COc1ccc2c(c1)CCCC2NC(=O)CN(c1ccc(Br)cc1)S(=O)(=O)c1ccc(C)cc1. The Kier molecular flexibility index (Phi) is 7.28. The van der Waals surface area contributed by atoms with Gasteiger partial charge in [0, 0.05) is 4.47 Å². The van der Waals surface area contributed by atoms with Crippen molar-refractivity contribution >= 4 is 37.5 Å². The maximum Gasteiger partial charge on any atom is 0.264 e. The van der Waals surface area contributed by atoms with E-state index < -0.39 is 10.0 Å². The molecule has 0 fully saturated rings. The first kappa shape index (κ1) is 24.3. The van der Waals surface area contributed by atoms with Gasteiger partial charge in [-0.15, -0.1) is 0 Å². The Labute approximate surface area is 209 Å². The molecule has 1 amide bonds. The van der Waals surface area contributed by atoms with Crippen LogP contribution in [0.25, 0.3) is 0 Å². The zero-order valence-electron chi connectivity index (χ0n) is 19.1. The number of fused-ring (bicyclic) bond motifs is 1. The summed E-state index contributed by atoms with van der Waals surface area (Å²) >= 11 is 3.38. The van der Waals surface area contributed by atoms with Gasteiger partial charge in [0.2, 0.25) is 5.91 Å². The van der Waals surface area contributed by atoms with Crippen molar-refractivity contribution in [2.45, 2.75) is 37.1 Å². The summed E-state index contributed by atoms with van der Waals surface area (Å²) < 4.78 is 34.4. The fraction of sp³-hybridized carbons (Fsp3) is 0.269. The van der Waals surface area contributed by atoms with Crippen LogP contribution < -0.4 is 14.4 Å². The second-order valence-corrected chi connectivity index (χ2v) is 11.2. The van der Waals surface area contributed by atoms with Crippen molar-refractivity contribution in [3.8, 4) is 5.75 Å². The molecule has 178 valence electrons. The van der Waals surface area contributed by atoms with Crippen LogP contribution in [0.3, 0.4) is 0 Å². The zero-order chi connectivity index (χ0) is 24.3. The van der Waals surface area contributed by atoms with Crippen LogP contribution in [0, 0.1) is 6.92 Å². The molecule has 0 saturated heterocycles. The highest BCUT2D eigenvalue weighted by Crippen LogP contribution is 2.32. The normalized spacial score (nSPS) is 15.3. The number of anilines is 1. The number of amides is 1. The molecule has 6 nitrogen and oxygen atoms in total. The van der Waals surface area contributed by atoms with Crippen LogP contribution in [0.15, 0.2) is 76.1 Å². The Bertz CT molecular complexity index is 1280. The van der Waals surface area contributed by atoms with Crippen LogP contribution in [-0.2, 0) is 21.2 Å². The molecule has 8 heteroatoms. The number of ether oxygens (including phenoxy) is 1. The number of carbonyl (C=O) groups is 1. The third-order valence-electron chi connectivity index (χ3n) is 6.01.